The lowest BCUT2D eigenvalue weighted by Gasteiger charge is -2.16. The van der Waals surface area contributed by atoms with Crippen molar-refractivity contribution < 1.29 is 5.11 Å². The average molecular weight is 348 g/mol. The van der Waals surface area contributed by atoms with Crippen molar-refractivity contribution in [1.29, 1.82) is 0 Å². The molecule has 1 heterocycles. The van der Waals surface area contributed by atoms with Crippen molar-refractivity contribution >= 4 is 0 Å². The van der Waals surface area contributed by atoms with Crippen LogP contribution in [0.1, 0.15) is 36.5 Å². The summed E-state index contributed by atoms with van der Waals surface area (Å²) in [5.74, 6) is 1.04. The molecule has 0 bridgehead atoms. The predicted octanol–water partition coefficient (Wildman–Crippen LogP) is 5.53. The number of phenolic OH excluding ortho intramolecular Hbond substituents is 1. The number of phenols is 1. The topological polar surface area (TPSA) is 32.3 Å². The van der Waals surface area contributed by atoms with Crippen molar-refractivity contribution in [1.82, 2.24) is 5.32 Å². The molecule has 1 aliphatic heterocycles. The van der Waals surface area contributed by atoms with Crippen LogP contribution in [0.4, 0.5) is 0 Å². The van der Waals surface area contributed by atoms with E-state index >= 15 is 0 Å². The largest absolute Gasteiger partial charge is 0.508 e. The normalized spacial score (nSPS) is 12.1. The molecule has 0 fully saturated rings. The van der Waals surface area contributed by atoms with Gasteiger partial charge in [-0.2, -0.15) is 0 Å². The minimum atomic E-state index is 0.380. The fourth-order valence-electron chi connectivity index (χ4n) is 2.69. The Morgan fingerprint density at radius 1 is 0.769 bits per heavy atom. The van der Waals surface area contributed by atoms with Gasteiger partial charge in [-0.1, -0.05) is 86.6 Å². The summed E-state index contributed by atoms with van der Waals surface area (Å²) in [6.07, 6.45) is 1.03. The highest BCUT2D eigenvalue weighted by atomic mass is 16.3. The van der Waals surface area contributed by atoms with E-state index in [2.05, 4.69) is 43.4 Å². The number of rotatable bonds is 1. The number of fused-ring (bicyclic) bond motifs is 1. The van der Waals surface area contributed by atoms with E-state index in [1.165, 1.54) is 16.7 Å². The lowest BCUT2D eigenvalue weighted by molar-refractivity contribution is 0.473. The SMILES string of the molecule is CC(C)c1ccccc1.Oc1ccc2c(c1)CCNC2.c1ccccc1. The number of nitrogens with one attached hydrogen (secondary N) is 1. The summed E-state index contributed by atoms with van der Waals surface area (Å²) in [5.41, 5.74) is 4.01. The Hall–Kier alpha value is -2.58. The van der Waals surface area contributed by atoms with E-state index in [-0.39, 0.29) is 0 Å². The van der Waals surface area contributed by atoms with Crippen LogP contribution in [0.2, 0.25) is 0 Å². The van der Waals surface area contributed by atoms with Crippen LogP contribution in [0.3, 0.4) is 0 Å². The lowest BCUT2D eigenvalue weighted by Crippen LogP contribution is -2.23. The van der Waals surface area contributed by atoms with E-state index in [0.29, 0.717) is 11.7 Å². The zero-order valence-electron chi connectivity index (χ0n) is 15.7. The Morgan fingerprint density at radius 2 is 1.35 bits per heavy atom. The number of hydrogen-bond donors (Lipinski definition) is 2. The second-order valence-corrected chi connectivity index (χ2v) is 6.60. The Morgan fingerprint density at radius 3 is 1.88 bits per heavy atom. The van der Waals surface area contributed by atoms with Gasteiger partial charge in [0, 0.05) is 6.54 Å². The van der Waals surface area contributed by atoms with Gasteiger partial charge in [0.25, 0.3) is 0 Å². The van der Waals surface area contributed by atoms with Crippen LogP contribution >= 0.6 is 0 Å². The summed E-state index contributed by atoms with van der Waals surface area (Å²) in [6, 6.07) is 28.1. The van der Waals surface area contributed by atoms with E-state index in [9.17, 15) is 0 Å². The standard InChI is InChI=1S/C9H11NO.C9H12.C6H6/c11-9-2-1-8-6-10-4-3-7(8)5-9;1-8(2)9-6-4-3-5-7-9;1-2-4-6-5-3-1/h1-2,5,10-11H,3-4,6H2;3-8H,1-2H3;1-6H. The molecule has 0 aliphatic carbocycles. The first kappa shape index (κ1) is 19.7. The van der Waals surface area contributed by atoms with Crippen molar-refractivity contribution in [3.05, 3.63) is 102 Å². The van der Waals surface area contributed by atoms with Gasteiger partial charge in [-0.3, -0.25) is 0 Å². The monoisotopic (exact) mass is 347 g/mol. The van der Waals surface area contributed by atoms with Gasteiger partial charge in [0.1, 0.15) is 5.75 Å². The number of benzene rings is 3. The minimum Gasteiger partial charge on any atom is -0.508 e. The van der Waals surface area contributed by atoms with E-state index in [1.54, 1.807) is 6.07 Å². The molecule has 4 rings (SSSR count). The van der Waals surface area contributed by atoms with Crippen molar-refractivity contribution in [2.24, 2.45) is 0 Å². The highest BCUT2D eigenvalue weighted by molar-refractivity contribution is 5.36. The molecule has 26 heavy (non-hydrogen) atoms. The Kier molecular flexibility index (Phi) is 8.44. The molecular formula is C24H29NO. The molecule has 0 spiro atoms. The molecule has 0 radical (unpaired) electrons. The van der Waals surface area contributed by atoms with E-state index < -0.39 is 0 Å². The van der Waals surface area contributed by atoms with Crippen LogP contribution in [-0.4, -0.2) is 11.7 Å². The van der Waals surface area contributed by atoms with Crippen LogP contribution in [-0.2, 0) is 13.0 Å². The zero-order valence-corrected chi connectivity index (χ0v) is 15.7. The van der Waals surface area contributed by atoms with E-state index in [1.807, 2.05) is 54.6 Å². The van der Waals surface area contributed by atoms with Gasteiger partial charge in [-0.15, -0.1) is 0 Å². The maximum atomic E-state index is 9.17. The van der Waals surface area contributed by atoms with E-state index in [0.717, 1.165) is 19.5 Å². The number of aromatic hydroxyl groups is 1. The third kappa shape index (κ3) is 7.12. The first-order chi connectivity index (χ1) is 12.7. The molecule has 2 nitrogen and oxygen atoms in total. The maximum absolute atomic E-state index is 9.17. The van der Waals surface area contributed by atoms with Crippen LogP contribution in [0.25, 0.3) is 0 Å². The quantitative estimate of drug-likeness (QED) is 0.606. The van der Waals surface area contributed by atoms with Gasteiger partial charge in [0.05, 0.1) is 0 Å². The van der Waals surface area contributed by atoms with Gasteiger partial charge in [-0.25, -0.2) is 0 Å². The van der Waals surface area contributed by atoms with Crippen LogP contribution in [0.15, 0.2) is 84.9 Å². The molecule has 0 unspecified atom stereocenters. The Bertz CT molecular complexity index is 712. The Labute approximate surface area is 157 Å². The lowest BCUT2D eigenvalue weighted by atomic mass is 10.0. The van der Waals surface area contributed by atoms with Gasteiger partial charge >= 0.3 is 0 Å². The summed E-state index contributed by atoms with van der Waals surface area (Å²) < 4.78 is 0. The summed E-state index contributed by atoms with van der Waals surface area (Å²) in [4.78, 5) is 0. The van der Waals surface area contributed by atoms with Crippen molar-refractivity contribution in [3.8, 4) is 5.75 Å². The summed E-state index contributed by atoms with van der Waals surface area (Å²) in [7, 11) is 0. The smallest absolute Gasteiger partial charge is 0.115 e. The molecule has 2 heteroatoms. The predicted molar refractivity (Wildman–Crippen MR) is 110 cm³/mol. The second-order valence-electron chi connectivity index (χ2n) is 6.60. The summed E-state index contributed by atoms with van der Waals surface area (Å²) >= 11 is 0. The summed E-state index contributed by atoms with van der Waals surface area (Å²) in [5, 5.41) is 12.4. The molecule has 136 valence electrons. The Balaban J connectivity index is 0.000000147. The zero-order chi connectivity index (χ0) is 18.6. The molecule has 3 aromatic carbocycles. The molecule has 0 atom stereocenters. The molecule has 0 saturated carbocycles. The van der Waals surface area contributed by atoms with Gasteiger partial charge in [0.2, 0.25) is 0 Å². The third-order valence-electron chi connectivity index (χ3n) is 4.21. The summed E-state index contributed by atoms with van der Waals surface area (Å²) in [6.45, 7) is 6.37. The van der Waals surface area contributed by atoms with Crippen LogP contribution in [0, 0.1) is 0 Å². The molecule has 2 N–H and O–H groups in total. The van der Waals surface area contributed by atoms with Crippen molar-refractivity contribution in [2.45, 2.75) is 32.7 Å². The first-order valence-electron chi connectivity index (χ1n) is 9.23. The maximum Gasteiger partial charge on any atom is 0.115 e. The van der Waals surface area contributed by atoms with Gasteiger partial charge < -0.3 is 10.4 Å². The van der Waals surface area contributed by atoms with Gasteiger partial charge in [0.15, 0.2) is 0 Å². The molecule has 0 aromatic heterocycles. The third-order valence-corrected chi connectivity index (χ3v) is 4.21. The van der Waals surface area contributed by atoms with Crippen LogP contribution in [0.5, 0.6) is 5.75 Å². The highest BCUT2D eigenvalue weighted by Gasteiger charge is 2.07. The molecule has 3 aromatic rings. The molecule has 0 amide bonds. The second kappa shape index (κ2) is 11.1. The van der Waals surface area contributed by atoms with Gasteiger partial charge in [-0.05, 0) is 47.7 Å². The number of hydrogen-bond acceptors (Lipinski definition) is 2. The minimum absolute atomic E-state index is 0.380. The fraction of sp³-hybridized carbons (Fsp3) is 0.250. The average Bonchev–Trinajstić information content (AvgIpc) is 2.71. The fourth-order valence-corrected chi connectivity index (χ4v) is 2.69. The van der Waals surface area contributed by atoms with E-state index in [4.69, 9.17) is 5.11 Å². The molecule has 1 aliphatic rings. The first-order valence-corrected chi connectivity index (χ1v) is 9.23. The molecular weight excluding hydrogens is 318 g/mol. The van der Waals surface area contributed by atoms with Crippen molar-refractivity contribution in [2.75, 3.05) is 6.54 Å². The molecule has 0 saturated heterocycles. The highest BCUT2D eigenvalue weighted by Crippen LogP contribution is 2.18. The van der Waals surface area contributed by atoms with Crippen LogP contribution < -0.4 is 5.32 Å². The van der Waals surface area contributed by atoms with Crippen molar-refractivity contribution in [3.63, 3.8) is 0 Å².